The van der Waals surface area contributed by atoms with Gasteiger partial charge in [-0.2, -0.15) is 0 Å². The van der Waals surface area contributed by atoms with E-state index in [1.807, 2.05) is 0 Å². The number of likely N-dealkylation sites (tertiary alicyclic amines) is 1. The number of unbranched alkanes of at least 4 members (excludes halogenated alkanes) is 13. The second-order valence-corrected chi connectivity index (χ2v) is 13.7. The van der Waals surface area contributed by atoms with Gasteiger partial charge in [0.15, 0.2) is 0 Å². The van der Waals surface area contributed by atoms with Crippen LogP contribution in [0, 0.1) is 5.92 Å². The monoisotopic (exact) mass is 665 g/mol. The summed E-state index contributed by atoms with van der Waals surface area (Å²) in [4.78, 5) is 2.61. The second kappa shape index (κ2) is 21.3. The topological polar surface area (TPSA) is 21.7 Å². The van der Waals surface area contributed by atoms with E-state index >= 15 is 0 Å². The van der Waals surface area contributed by atoms with Crippen molar-refractivity contribution in [1.29, 1.82) is 0 Å². The molecule has 0 unspecified atom stereocenters. The third kappa shape index (κ3) is 14.0. The number of piperidine rings is 1. The summed E-state index contributed by atoms with van der Waals surface area (Å²) in [7, 11) is 0. The number of benzene rings is 3. The van der Waals surface area contributed by atoms with Crippen molar-refractivity contribution in [2.24, 2.45) is 5.92 Å². The standard InChI is InChI=1S/C42H58F3NO2/c1-2-3-4-5-6-7-8-9-10-11-12-13-14-21-30-46-31-29-40(47-34-35-23-22-28-38(32-35)48-42(43,44)45)39(33-46)41(36-24-17-15-18-25-36)37-26-19-16-20-27-37/h15-20,22-28,32,39-41H,2-14,21,29-31,33-34H2,1H3/t39-,40+/m0/s1. The minimum absolute atomic E-state index is 0.0322. The highest BCUT2D eigenvalue weighted by atomic mass is 19.4. The van der Waals surface area contributed by atoms with Crippen LogP contribution in [0.1, 0.15) is 126 Å². The second-order valence-electron chi connectivity index (χ2n) is 13.7. The van der Waals surface area contributed by atoms with Gasteiger partial charge in [-0.05, 0) is 48.2 Å². The summed E-state index contributed by atoms with van der Waals surface area (Å²) < 4.78 is 49.3. The van der Waals surface area contributed by atoms with E-state index in [0.717, 1.165) is 26.1 Å². The Hall–Kier alpha value is -2.83. The summed E-state index contributed by atoms with van der Waals surface area (Å²) in [5.41, 5.74) is 3.21. The van der Waals surface area contributed by atoms with Crippen LogP contribution in [0.4, 0.5) is 13.2 Å². The van der Waals surface area contributed by atoms with E-state index in [4.69, 9.17) is 4.74 Å². The fourth-order valence-electron chi connectivity index (χ4n) is 7.33. The van der Waals surface area contributed by atoms with Gasteiger partial charge in [0.25, 0.3) is 0 Å². The van der Waals surface area contributed by atoms with Crippen molar-refractivity contribution in [1.82, 2.24) is 4.90 Å². The van der Waals surface area contributed by atoms with Crippen LogP contribution in [-0.4, -0.2) is 37.0 Å². The molecule has 0 spiro atoms. The Balaban J connectivity index is 1.30. The maximum absolute atomic E-state index is 12.8. The summed E-state index contributed by atoms with van der Waals surface area (Å²) in [6.07, 6.45) is 15.2. The molecule has 1 aliphatic heterocycles. The average molecular weight is 666 g/mol. The molecule has 1 aliphatic rings. The number of hydrogen-bond acceptors (Lipinski definition) is 3. The number of nitrogens with zero attached hydrogens (tertiary/aromatic N) is 1. The van der Waals surface area contributed by atoms with Crippen molar-refractivity contribution in [2.75, 3.05) is 19.6 Å². The molecule has 48 heavy (non-hydrogen) atoms. The lowest BCUT2D eigenvalue weighted by Crippen LogP contribution is -2.47. The zero-order valence-corrected chi connectivity index (χ0v) is 29.1. The molecule has 0 aromatic heterocycles. The van der Waals surface area contributed by atoms with Gasteiger partial charge in [-0.15, -0.1) is 13.2 Å². The van der Waals surface area contributed by atoms with Gasteiger partial charge in [0.1, 0.15) is 5.75 Å². The van der Waals surface area contributed by atoms with Gasteiger partial charge in [0.2, 0.25) is 0 Å². The Kier molecular flexibility index (Phi) is 16.9. The molecule has 0 N–H and O–H groups in total. The Morgan fingerprint density at radius 3 is 1.77 bits per heavy atom. The molecule has 1 heterocycles. The Labute approximate surface area is 288 Å². The van der Waals surface area contributed by atoms with Crippen molar-refractivity contribution in [2.45, 2.75) is 128 Å². The molecule has 264 valence electrons. The van der Waals surface area contributed by atoms with Crippen LogP contribution in [0.5, 0.6) is 5.75 Å². The highest BCUT2D eigenvalue weighted by Gasteiger charge is 2.37. The van der Waals surface area contributed by atoms with Crippen molar-refractivity contribution in [3.8, 4) is 5.75 Å². The lowest BCUT2D eigenvalue weighted by molar-refractivity contribution is -0.274. The number of ether oxygens (including phenoxy) is 2. The first-order chi connectivity index (χ1) is 23.4. The largest absolute Gasteiger partial charge is 0.573 e. The number of alkyl halides is 3. The number of rotatable bonds is 22. The van der Waals surface area contributed by atoms with E-state index in [9.17, 15) is 13.2 Å². The first kappa shape index (κ1) is 38.0. The summed E-state index contributed by atoms with van der Waals surface area (Å²) in [6, 6.07) is 27.5. The van der Waals surface area contributed by atoms with Crippen LogP contribution in [0.2, 0.25) is 0 Å². The molecule has 2 atom stereocenters. The maximum atomic E-state index is 12.8. The molecular weight excluding hydrogens is 607 g/mol. The average Bonchev–Trinajstić information content (AvgIpc) is 3.08. The van der Waals surface area contributed by atoms with Crippen LogP contribution in [0.3, 0.4) is 0 Å². The van der Waals surface area contributed by atoms with Crippen LogP contribution in [-0.2, 0) is 11.3 Å². The van der Waals surface area contributed by atoms with E-state index in [1.54, 1.807) is 12.1 Å². The predicted octanol–water partition coefficient (Wildman–Crippen LogP) is 12.1. The highest BCUT2D eigenvalue weighted by Crippen LogP contribution is 2.39. The lowest BCUT2D eigenvalue weighted by atomic mass is 9.75. The molecule has 3 nitrogen and oxygen atoms in total. The fraction of sp³-hybridized carbons (Fsp3) is 0.571. The first-order valence-electron chi connectivity index (χ1n) is 18.7. The molecular formula is C42H58F3NO2. The Morgan fingerprint density at radius 2 is 1.23 bits per heavy atom. The lowest BCUT2D eigenvalue weighted by Gasteiger charge is -2.42. The molecule has 6 heteroatoms. The summed E-state index contributed by atoms with van der Waals surface area (Å²) in [6.45, 7) is 5.50. The smallest absolute Gasteiger partial charge is 0.406 e. The molecule has 0 saturated carbocycles. The highest BCUT2D eigenvalue weighted by molar-refractivity contribution is 5.34. The minimum Gasteiger partial charge on any atom is -0.406 e. The van der Waals surface area contributed by atoms with E-state index in [1.165, 1.54) is 113 Å². The summed E-state index contributed by atoms with van der Waals surface area (Å²) in [5, 5.41) is 0. The molecule has 3 aromatic carbocycles. The summed E-state index contributed by atoms with van der Waals surface area (Å²) >= 11 is 0. The third-order valence-corrected chi connectivity index (χ3v) is 9.85. The third-order valence-electron chi connectivity index (χ3n) is 9.85. The van der Waals surface area contributed by atoms with Gasteiger partial charge in [-0.1, -0.05) is 163 Å². The molecule has 0 amide bonds. The fourth-order valence-corrected chi connectivity index (χ4v) is 7.33. The van der Waals surface area contributed by atoms with E-state index in [2.05, 4.69) is 77.2 Å². The Morgan fingerprint density at radius 1 is 0.688 bits per heavy atom. The summed E-state index contributed by atoms with van der Waals surface area (Å²) in [5.74, 6) is 0.135. The van der Waals surface area contributed by atoms with Gasteiger partial charge < -0.3 is 14.4 Å². The molecule has 0 bridgehead atoms. The van der Waals surface area contributed by atoms with Gasteiger partial charge in [-0.25, -0.2) is 0 Å². The van der Waals surface area contributed by atoms with Gasteiger partial charge in [0, 0.05) is 24.9 Å². The van der Waals surface area contributed by atoms with Gasteiger partial charge >= 0.3 is 6.36 Å². The molecule has 1 saturated heterocycles. The minimum atomic E-state index is -4.72. The molecule has 4 rings (SSSR count). The SMILES string of the molecule is CCCCCCCCCCCCCCCCN1CC[C@@H](OCc2cccc(OC(F)(F)F)c2)[C@@H](C(c2ccccc2)c2ccccc2)C1. The van der Waals surface area contributed by atoms with Crippen LogP contribution < -0.4 is 4.74 Å². The van der Waals surface area contributed by atoms with Crippen LogP contribution in [0.15, 0.2) is 84.9 Å². The molecule has 3 aromatic rings. The molecule has 0 aliphatic carbocycles. The van der Waals surface area contributed by atoms with Crippen molar-refractivity contribution >= 4 is 0 Å². The Bertz CT molecular complexity index is 1210. The maximum Gasteiger partial charge on any atom is 0.573 e. The first-order valence-corrected chi connectivity index (χ1v) is 18.7. The zero-order valence-electron chi connectivity index (χ0n) is 29.1. The predicted molar refractivity (Wildman–Crippen MR) is 191 cm³/mol. The normalized spacial score (nSPS) is 17.2. The van der Waals surface area contributed by atoms with Crippen molar-refractivity contribution in [3.63, 3.8) is 0 Å². The van der Waals surface area contributed by atoms with Gasteiger partial charge in [-0.3, -0.25) is 0 Å². The van der Waals surface area contributed by atoms with Crippen LogP contribution in [0.25, 0.3) is 0 Å². The number of hydrogen-bond donors (Lipinski definition) is 0. The van der Waals surface area contributed by atoms with E-state index in [0.29, 0.717) is 5.56 Å². The zero-order chi connectivity index (χ0) is 33.9. The van der Waals surface area contributed by atoms with Crippen LogP contribution >= 0.6 is 0 Å². The van der Waals surface area contributed by atoms with E-state index < -0.39 is 6.36 Å². The van der Waals surface area contributed by atoms with E-state index in [-0.39, 0.29) is 30.3 Å². The number of halogens is 3. The van der Waals surface area contributed by atoms with Crippen molar-refractivity contribution < 1.29 is 22.6 Å². The molecule has 0 radical (unpaired) electrons. The quantitative estimate of drug-likeness (QED) is 0.0997. The molecule has 1 fully saturated rings. The van der Waals surface area contributed by atoms with Gasteiger partial charge in [0.05, 0.1) is 12.7 Å². The van der Waals surface area contributed by atoms with Crippen molar-refractivity contribution in [3.05, 3.63) is 102 Å².